The second kappa shape index (κ2) is 8.18. The van der Waals surface area contributed by atoms with Crippen LogP contribution in [0, 0.1) is 0 Å². The first kappa shape index (κ1) is 18.7. The number of rotatable bonds is 3. The van der Waals surface area contributed by atoms with Gasteiger partial charge in [-0.3, -0.25) is 10.1 Å². The van der Waals surface area contributed by atoms with Crippen LogP contribution < -0.4 is 10.6 Å². The van der Waals surface area contributed by atoms with Gasteiger partial charge in [-0.1, -0.05) is 24.3 Å². The average Bonchev–Trinajstić information content (AvgIpc) is 3.13. The number of nitrogens with one attached hydrogen (secondary N) is 2. The highest BCUT2D eigenvalue weighted by molar-refractivity contribution is 9.10. The number of nitrogens with zero attached hydrogens (tertiary/aromatic N) is 1. The Labute approximate surface area is 179 Å². The van der Waals surface area contributed by atoms with Crippen molar-refractivity contribution < 1.29 is 4.79 Å². The summed E-state index contributed by atoms with van der Waals surface area (Å²) in [6, 6.07) is 23.1. The lowest BCUT2D eigenvalue weighted by atomic mass is 10.2. The zero-order valence-electron chi connectivity index (χ0n) is 14.5. The monoisotopic (exact) mass is 467 g/mol. The van der Waals surface area contributed by atoms with E-state index in [1.165, 1.54) is 0 Å². The van der Waals surface area contributed by atoms with E-state index in [-0.39, 0.29) is 11.0 Å². The third-order valence-electron chi connectivity index (χ3n) is 4.03. The van der Waals surface area contributed by atoms with E-state index < -0.39 is 0 Å². The van der Waals surface area contributed by atoms with Gasteiger partial charge in [0.1, 0.15) is 5.01 Å². The maximum atomic E-state index is 12.3. The molecule has 0 saturated heterocycles. The quantitative estimate of drug-likeness (QED) is 0.370. The molecule has 4 rings (SSSR count). The number of fused-ring (bicyclic) bond motifs is 1. The number of anilines is 1. The fraction of sp³-hybridized carbons (Fsp3) is 0. The molecule has 0 saturated carbocycles. The molecule has 3 aromatic carbocycles. The van der Waals surface area contributed by atoms with Crippen molar-refractivity contribution in [2.45, 2.75) is 0 Å². The second-order valence-corrected chi connectivity index (χ2v) is 8.25. The van der Waals surface area contributed by atoms with Crippen molar-refractivity contribution in [2.24, 2.45) is 0 Å². The second-order valence-electron chi connectivity index (χ2n) is 5.95. The largest absolute Gasteiger partial charge is 0.332 e. The van der Waals surface area contributed by atoms with Gasteiger partial charge in [0.2, 0.25) is 0 Å². The minimum absolute atomic E-state index is 0.244. The van der Waals surface area contributed by atoms with E-state index in [9.17, 15) is 4.79 Å². The summed E-state index contributed by atoms with van der Waals surface area (Å²) in [5.74, 6) is -0.268. The van der Waals surface area contributed by atoms with E-state index in [1.807, 2.05) is 54.6 Å². The number of hydrogen-bond donors (Lipinski definition) is 2. The predicted molar refractivity (Wildman–Crippen MR) is 123 cm³/mol. The lowest BCUT2D eigenvalue weighted by Gasteiger charge is -2.10. The van der Waals surface area contributed by atoms with Crippen molar-refractivity contribution in [3.63, 3.8) is 0 Å². The van der Waals surface area contributed by atoms with E-state index in [1.54, 1.807) is 23.5 Å². The SMILES string of the molecule is O=C(NC(=S)Nc1ccc(-c2nc3ccccc3s2)cc1)c1ccccc1Br. The van der Waals surface area contributed by atoms with Gasteiger partial charge in [-0.25, -0.2) is 4.98 Å². The molecule has 7 heteroatoms. The maximum Gasteiger partial charge on any atom is 0.258 e. The van der Waals surface area contributed by atoms with E-state index in [0.717, 1.165) is 30.9 Å². The Morgan fingerprint density at radius 3 is 2.43 bits per heavy atom. The summed E-state index contributed by atoms with van der Waals surface area (Å²) in [5, 5.41) is 6.94. The van der Waals surface area contributed by atoms with Crippen LogP contribution in [0.1, 0.15) is 10.4 Å². The van der Waals surface area contributed by atoms with Crippen LogP contribution in [0.3, 0.4) is 0 Å². The molecule has 0 fully saturated rings. The Balaban J connectivity index is 1.43. The molecule has 138 valence electrons. The Morgan fingerprint density at radius 2 is 1.68 bits per heavy atom. The topological polar surface area (TPSA) is 54.0 Å². The smallest absolute Gasteiger partial charge is 0.258 e. The van der Waals surface area contributed by atoms with E-state index in [4.69, 9.17) is 12.2 Å². The Kier molecular flexibility index (Phi) is 5.47. The van der Waals surface area contributed by atoms with Gasteiger partial charge < -0.3 is 5.32 Å². The number of benzene rings is 3. The molecule has 0 bridgehead atoms. The first-order valence-corrected chi connectivity index (χ1v) is 10.4. The molecule has 0 radical (unpaired) electrons. The van der Waals surface area contributed by atoms with Gasteiger partial charge in [-0.15, -0.1) is 11.3 Å². The minimum atomic E-state index is -0.268. The predicted octanol–water partition coefficient (Wildman–Crippen LogP) is 5.85. The standard InChI is InChI=1S/C21H14BrN3OS2/c22-16-6-2-1-5-15(16)19(26)25-21(27)23-14-11-9-13(10-12-14)20-24-17-7-3-4-8-18(17)28-20/h1-12H,(H2,23,25,26,27). The van der Waals surface area contributed by atoms with Crippen LogP contribution in [-0.4, -0.2) is 16.0 Å². The highest BCUT2D eigenvalue weighted by atomic mass is 79.9. The molecule has 28 heavy (non-hydrogen) atoms. The van der Waals surface area contributed by atoms with E-state index in [2.05, 4.69) is 37.6 Å². The third-order valence-corrected chi connectivity index (χ3v) is 6.01. The van der Waals surface area contributed by atoms with Gasteiger partial charge >= 0.3 is 0 Å². The first-order valence-electron chi connectivity index (χ1n) is 8.43. The third kappa shape index (κ3) is 4.11. The Morgan fingerprint density at radius 1 is 0.964 bits per heavy atom. The fourth-order valence-corrected chi connectivity index (χ4v) is 4.32. The van der Waals surface area contributed by atoms with Crippen LogP contribution in [0.25, 0.3) is 20.8 Å². The molecule has 0 aliphatic rings. The number of amides is 1. The molecule has 1 aromatic heterocycles. The van der Waals surface area contributed by atoms with Gasteiger partial charge in [0.05, 0.1) is 15.8 Å². The summed E-state index contributed by atoms with van der Waals surface area (Å²) in [6.07, 6.45) is 0. The molecule has 0 aliphatic carbocycles. The number of carbonyl (C=O) groups excluding carboxylic acids is 1. The molecule has 0 atom stereocenters. The summed E-state index contributed by atoms with van der Waals surface area (Å²) < 4.78 is 1.88. The molecule has 0 aliphatic heterocycles. The lowest BCUT2D eigenvalue weighted by Crippen LogP contribution is -2.34. The van der Waals surface area contributed by atoms with Crippen molar-refractivity contribution in [3.05, 3.63) is 82.8 Å². The van der Waals surface area contributed by atoms with Crippen molar-refractivity contribution in [1.29, 1.82) is 0 Å². The van der Waals surface area contributed by atoms with Gasteiger partial charge in [0, 0.05) is 15.7 Å². The number of hydrogen-bond acceptors (Lipinski definition) is 4. The van der Waals surface area contributed by atoms with Crippen molar-refractivity contribution in [2.75, 3.05) is 5.32 Å². The summed E-state index contributed by atoms with van der Waals surface area (Å²) in [4.78, 5) is 17.0. The molecule has 0 unspecified atom stereocenters. The molecule has 1 amide bonds. The lowest BCUT2D eigenvalue weighted by molar-refractivity contribution is 0.0977. The molecular formula is C21H14BrN3OS2. The molecular weight excluding hydrogens is 454 g/mol. The molecule has 4 nitrogen and oxygen atoms in total. The molecule has 1 heterocycles. The van der Waals surface area contributed by atoms with Crippen LogP contribution in [-0.2, 0) is 0 Å². The Bertz CT molecular complexity index is 1140. The van der Waals surface area contributed by atoms with Crippen LogP contribution in [0.2, 0.25) is 0 Å². The fourth-order valence-electron chi connectivity index (χ4n) is 2.67. The number of halogens is 1. The number of carbonyl (C=O) groups is 1. The van der Waals surface area contributed by atoms with Crippen molar-refractivity contribution in [3.8, 4) is 10.6 Å². The van der Waals surface area contributed by atoms with Crippen LogP contribution in [0.15, 0.2) is 77.3 Å². The van der Waals surface area contributed by atoms with Gasteiger partial charge in [0.15, 0.2) is 5.11 Å². The molecule has 0 spiro atoms. The number of para-hydroxylation sites is 1. The van der Waals surface area contributed by atoms with Gasteiger partial charge in [-0.2, -0.15) is 0 Å². The van der Waals surface area contributed by atoms with Crippen LogP contribution in [0.5, 0.6) is 0 Å². The molecule has 4 aromatic rings. The summed E-state index contributed by atoms with van der Waals surface area (Å²) in [5.41, 5.74) is 3.36. The zero-order chi connectivity index (χ0) is 19.5. The number of aromatic nitrogens is 1. The summed E-state index contributed by atoms with van der Waals surface area (Å²) in [7, 11) is 0. The Hall–Kier alpha value is -2.61. The average molecular weight is 468 g/mol. The summed E-state index contributed by atoms with van der Waals surface area (Å²) in [6.45, 7) is 0. The van der Waals surface area contributed by atoms with Crippen LogP contribution >= 0.6 is 39.5 Å². The maximum absolute atomic E-state index is 12.3. The van der Waals surface area contributed by atoms with E-state index >= 15 is 0 Å². The van der Waals surface area contributed by atoms with E-state index in [0.29, 0.717) is 5.56 Å². The van der Waals surface area contributed by atoms with Crippen molar-refractivity contribution in [1.82, 2.24) is 10.3 Å². The zero-order valence-corrected chi connectivity index (χ0v) is 17.7. The highest BCUT2D eigenvalue weighted by Crippen LogP contribution is 2.30. The minimum Gasteiger partial charge on any atom is -0.332 e. The molecule has 2 N–H and O–H groups in total. The highest BCUT2D eigenvalue weighted by Gasteiger charge is 2.11. The van der Waals surface area contributed by atoms with Gasteiger partial charge in [-0.05, 0) is 76.7 Å². The van der Waals surface area contributed by atoms with Crippen LogP contribution in [0.4, 0.5) is 5.69 Å². The first-order chi connectivity index (χ1) is 13.6. The van der Waals surface area contributed by atoms with Crippen molar-refractivity contribution >= 4 is 66.4 Å². The van der Waals surface area contributed by atoms with Gasteiger partial charge in [0.25, 0.3) is 5.91 Å². The number of thiocarbonyl (C=S) groups is 1. The number of thiazole rings is 1. The normalized spacial score (nSPS) is 10.6. The summed E-state index contributed by atoms with van der Waals surface area (Å²) >= 11 is 10.3.